The summed E-state index contributed by atoms with van der Waals surface area (Å²) < 4.78 is 5.19. The third-order valence-electron chi connectivity index (χ3n) is 3.56. The van der Waals surface area contributed by atoms with Crippen LogP contribution in [0, 0.1) is 0 Å². The standard InChI is InChI=1S/C18H20N2O3S/c1-13(16-4-3-11-24-16)20(2)18(22)10-7-14-5-8-15(9-6-14)23-12-17(19)21/h3-11,13H,12H2,1-2H3,(H2,19,21). The van der Waals surface area contributed by atoms with Gasteiger partial charge >= 0.3 is 0 Å². The van der Waals surface area contributed by atoms with Crippen LogP contribution in [-0.2, 0) is 9.59 Å². The van der Waals surface area contributed by atoms with Crippen molar-refractivity contribution in [2.24, 2.45) is 5.73 Å². The van der Waals surface area contributed by atoms with E-state index >= 15 is 0 Å². The van der Waals surface area contributed by atoms with E-state index in [1.165, 1.54) is 0 Å². The molecule has 1 unspecified atom stereocenters. The van der Waals surface area contributed by atoms with E-state index in [4.69, 9.17) is 10.5 Å². The molecule has 0 radical (unpaired) electrons. The monoisotopic (exact) mass is 344 g/mol. The summed E-state index contributed by atoms with van der Waals surface area (Å²) in [5, 5.41) is 2.00. The molecule has 0 aliphatic heterocycles. The zero-order valence-electron chi connectivity index (χ0n) is 13.6. The van der Waals surface area contributed by atoms with Crippen molar-refractivity contribution in [3.8, 4) is 5.75 Å². The van der Waals surface area contributed by atoms with Gasteiger partial charge in [-0.25, -0.2) is 0 Å². The first-order valence-corrected chi connectivity index (χ1v) is 8.35. The molecule has 6 heteroatoms. The van der Waals surface area contributed by atoms with Crippen LogP contribution in [0.15, 0.2) is 47.9 Å². The van der Waals surface area contributed by atoms with Crippen LogP contribution >= 0.6 is 11.3 Å². The van der Waals surface area contributed by atoms with Crippen molar-refractivity contribution in [2.45, 2.75) is 13.0 Å². The molecule has 1 atom stereocenters. The van der Waals surface area contributed by atoms with Crippen LogP contribution in [0.3, 0.4) is 0 Å². The maximum absolute atomic E-state index is 12.3. The van der Waals surface area contributed by atoms with E-state index in [0.717, 1.165) is 10.4 Å². The Morgan fingerprint density at radius 2 is 2.00 bits per heavy atom. The van der Waals surface area contributed by atoms with Gasteiger partial charge < -0.3 is 15.4 Å². The zero-order chi connectivity index (χ0) is 17.5. The highest BCUT2D eigenvalue weighted by Gasteiger charge is 2.15. The topological polar surface area (TPSA) is 72.6 Å². The van der Waals surface area contributed by atoms with Crippen molar-refractivity contribution < 1.29 is 14.3 Å². The second-order valence-corrected chi connectivity index (χ2v) is 6.28. The average Bonchev–Trinajstić information content (AvgIpc) is 3.12. The number of primary amides is 1. The largest absolute Gasteiger partial charge is 0.484 e. The molecule has 0 saturated heterocycles. The van der Waals surface area contributed by atoms with Crippen molar-refractivity contribution in [2.75, 3.05) is 13.7 Å². The molecule has 0 spiro atoms. The van der Waals surface area contributed by atoms with E-state index in [1.54, 1.807) is 47.6 Å². The van der Waals surface area contributed by atoms with Gasteiger partial charge in [0.05, 0.1) is 6.04 Å². The number of benzene rings is 1. The van der Waals surface area contributed by atoms with E-state index in [1.807, 2.05) is 36.6 Å². The van der Waals surface area contributed by atoms with Crippen LogP contribution in [0.2, 0.25) is 0 Å². The fraction of sp³-hybridized carbons (Fsp3) is 0.222. The summed E-state index contributed by atoms with van der Waals surface area (Å²) in [6.45, 7) is 1.85. The highest BCUT2D eigenvalue weighted by molar-refractivity contribution is 7.10. The fourth-order valence-electron chi connectivity index (χ4n) is 2.03. The molecule has 0 fully saturated rings. The summed E-state index contributed by atoms with van der Waals surface area (Å²) >= 11 is 1.63. The Balaban J connectivity index is 1.94. The van der Waals surface area contributed by atoms with Gasteiger partial charge in [-0.15, -0.1) is 11.3 Å². The number of likely N-dealkylation sites (N-methyl/N-ethyl adjacent to an activating group) is 1. The highest BCUT2D eigenvalue weighted by Crippen LogP contribution is 2.23. The van der Waals surface area contributed by atoms with Gasteiger partial charge in [-0.05, 0) is 42.1 Å². The van der Waals surface area contributed by atoms with E-state index in [0.29, 0.717) is 5.75 Å². The third-order valence-corrected chi connectivity index (χ3v) is 4.61. The van der Waals surface area contributed by atoms with Crippen LogP contribution in [0.1, 0.15) is 23.4 Å². The summed E-state index contributed by atoms with van der Waals surface area (Å²) in [6, 6.07) is 11.1. The lowest BCUT2D eigenvalue weighted by molar-refractivity contribution is -0.126. The van der Waals surface area contributed by atoms with Gasteiger partial charge in [0.15, 0.2) is 6.61 Å². The molecule has 0 aliphatic rings. The van der Waals surface area contributed by atoms with Gasteiger partial charge in [-0.3, -0.25) is 9.59 Å². The number of thiophene rings is 1. The minimum Gasteiger partial charge on any atom is -0.484 e. The van der Waals surface area contributed by atoms with Gasteiger partial charge in [0.1, 0.15) is 5.75 Å². The minimum atomic E-state index is -0.521. The summed E-state index contributed by atoms with van der Waals surface area (Å²) in [5.74, 6) is -0.0295. The number of hydrogen-bond acceptors (Lipinski definition) is 4. The Hall–Kier alpha value is -2.60. The lowest BCUT2D eigenvalue weighted by atomic mass is 10.2. The number of carbonyl (C=O) groups is 2. The third kappa shape index (κ3) is 4.96. The minimum absolute atomic E-state index is 0.0340. The SMILES string of the molecule is CC(c1cccs1)N(C)C(=O)C=Cc1ccc(OCC(N)=O)cc1. The first kappa shape index (κ1) is 17.7. The van der Waals surface area contributed by atoms with Crippen LogP contribution < -0.4 is 10.5 Å². The second kappa shape index (κ2) is 8.31. The molecule has 5 nitrogen and oxygen atoms in total. The number of ether oxygens (including phenoxy) is 1. The van der Waals surface area contributed by atoms with Crippen LogP contribution in [0.5, 0.6) is 5.75 Å². The molecule has 1 aromatic heterocycles. The van der Waals surface area contributed by atoms with E-state index in [2.05, 4.69) is 0 Å². The Bertz CT molecular complexity index is 708. The lowest BCUT2D eigenvalue weighted by Gasteiger charge is -2.22. The Labute approximate surface area is 145 Å². The van der Waals surface area contributed by atoms with E-state index in [-0.39, 0.29) is 18.6 Å². The molecule has 2 rings (SSSR count). The molecule has 24 heavy (non-hydrogen) atoms. The van der Waals surface area contributed by atoms with Gasteiger partial charge in [0.25, 0.3) is 5.91 Å². The molecule has 1 aromatic carbocycles. The average molecular weight is 344 g/mol. The normalized spacial score (nSPS) is 12.1. The molecule has 0 aliphatic carbocycles. The van der Waals surface area contributed by atoms with Crippen molar-refractivity contribution >= 4 is 29.2 Å². The van der Waals surface area contributed by atoms with Crippen molar-refractivity contribution in [3.63, 3.8) is 0 Å². The fourth-order valence-corrected chi connectivity index (χ4v) is 2.85. The van der Waals surface area contributed by atoms with Crippen LogP contribution in [0.25, 0.3) is 6.08 Å². The number of amides is 2. The number of nitrogens with zero attached hydrogens (tertiary/aromatic N) is 1. The lowest BCUT2D eigenvalue weighted by Crippen LogP contribution is -2.27. The number of carbonyl (C=O) groups excluding carboxylic acids is 2. The molecule has 1 heterocycles. The number of hydrogen-bond donors (Lipinski definition) is 1. The van der Waals surface area contributed by atoms with Crippen molar-refractivity contribution in [3.05, 3.63) is 58.3 Å². The Kier molecular flexibility index (Phi) is 6.14. The highest BCUT2D eigenvalue weighted by atomic mass is 32.1. The molecule has 2 amide bonds. The van der Waals surface area contributed by atoms with Crippen molar-refractivity contribution in [1.82, 2.24) is 4.90 Å². The quantitative estimate of drug-likeness (QED) is 0.785. The van der Waals surface area contributed by atoms with Crippen LogP contribution in [0.4, 0.5) is 0 Å². The summed E-state index contributed by atoms with van der Waals surface area (Å²) in [4.78, 5) is 25.8. The molecule has 2 aromatic rings. The summed E-state index contributed by atoms with van der Waals surface area (Å²) in [7, 11) is 1.79. The van der Waals surface area contributed by atoms with Crippen molar-refractivity contribution in [1.29, 1.82) is 0 Å². The van der Waals surface area contributed by atoms with Gasteiger partial charge in [-0.1, -0.05) is 18.2 Å². The van der Waals surface area contributed by atoms with Gasteiger partial charge in [0, 0.05) is 18.0 Å². The zero-order valence-corrected chi connectivity index (χ0v) is 14.5. The summed E-state index contributed by atoms with van der Waals surface area (Å²) in [6.07, 6.45) is 3.29. The predicted molar refractivity (Wildman–Crippen MR) is 95.7 cm³/mol. The van der Waals surface area contributed by atoms with Crippen LogP contribution in [-0.4, -0.2) is 30.4 Å². The number of rotatable bonds is 7. The smallest absolute Gasteiger partial charge is 0.255 e. The maximum Gasteiger partial charge on any atom is 0.255 e. The Morgan fingerprint density at radius 3 is 2.58 bits per heavy atom. The first-order valence-electron chi connectivity index (χ1n) is 7.47. The van der Waals surface area contributed by atoms with E-state index in [9.17, 15) is 9.59 Å². The Morgan fingerprint density at radius 1 is 1.29 bits per heavy atom. The molecule has 2 N–H and O–H groups in total. The predicted octanol–water partition coefficient (Wildman–Crippen LogP) is 2.85. The second-order valence-electron chi connectivity index (χ2n) is 5.30. The van der Waals surface area contributed by atoms with E-state index < -0.39 is 5.91 Å². The molecule has 0 bridgehead atoms. The molecule has 0 saturated carbocycles. The number of nitrogens with two attached hydrogens (primary N) is 1. The molecular formula is C18H20N2O3S. The first-order chi connectivity index (χ1) is 11.5. The van der Waals surface area contributed by atoms with Gasteiger partial charge in [-0.2, -0.15) is 0 Å². The molecular weight excluding hydrogens is 324 g/mol. The molecule has 126 valence electrons. The van der Waals surface area contributed by atoms with Gasteiger partial charge in [0.2, 0.25) is 5.91 Å². The maximum atomic E-state index is 12.3. The summed E-state index contributed by atoms with van der Waals surface area (Å²) in [5.41, 5.74) is 5.89.